The number of hydrogen-bond acceptors (Lipinski definition) is 3. The van der Waals surface area contributed by atoms with Crippen LogP contribution in [0.1, 0.15) is 0 Å². The smallest absolute Gasteiger partial charge is 0.176 e. The molecule has 0 atom stereocenters. The zero-order chi connectivity index (χ0) is 9.14. The number of rotatable bonds is 2. The van der Waals surface area contributed by atoms with Gasteiger partial charge in [-0.15, -0.1) is 0 Å². The summed E-state index contributed by atoms with van der Waals surface area (Å²) in [6, 6.07) is 1.21. The predicted molar refractivity (Wildman–Crippen MR) is 46.5 cm³/mol. The van der Waals surface area contributed by atoms with E-state index in [1.807, 2.05) is 0 Å². The lowest BCUT2D eigenvalue weighted by Crippen LogP contribution is -2.21. The van der Waals surface area contributed by atoms with Crippen LogP contribution >= 0.6 is 11.6 Å². The average Bonchev–Trinajstić information content (AvgIpc) is 1.94. The van der Waals surface area contributed by atoms with Crippen molar-refractivity contribution in [2.75, 3.05) is 19.5 Å². The Labute approximate surface area is 75.1 Å². The standard InChI is InChI=1S/C7H9ClFN3/c1-12(2)11-7-6(9)3-5(8)4-10-7/h3-4H,1-2H3,(H,10,11). The van der Waals surface area contributed by atoms with E-state index in [2.05, 4.69) is 10.4 Å². The fraction of sp³-hybridized carbons (Fsp3) is 0.286. The minimum absolute atomic E-state index is 0.171. The number of nitrogens with zero attached hydrogens (tertiary/aromatic N) is 2. The van der Waals surface area contributed by atoms with Crippen LogP contribution in [-0.2, 0) is 0 Å². The number of hydrazine groups is 1. The Morgan fingerprint density at radius 3 is 2.75 bits per heavy atom. The maximum atomic E-state index is 13.0. The van der Waals surface area contributed by atoms with Gasteiger partial charge in [-0.2, -0.15) is 0 Å². The molecule has 0 aliphatic heterocycles. The molecule has 1 N–H and O–H groups in total. The largest absolute Gasteiger partial charge is 0.301 e. The van der Waals surface area contributed by atoms with E-state index < -0.39 is 5.82 Å². The molecule has 1 aromatic heterocycles. The summed E-state index contributed by atoms with van der Waals surface area (Å²) >= 11 is 5.51. The zero-order valence-corrected chi connectivity index (χ0v) is 7.56. The quantitative estimate of drug-likeness (QED) is 0.719. The highest BCUT2D eigenvalue weighted by molar-refractivity contribution is 6.30. The highest BCUT2D eigenvalue weighted by atomic mass is 35.5. The first kappa shape index (κ1) is 9.22. The summed E-state index contributed by atoms with van der Waals surface area (Å²) in [6.07, 6.45) is 1.39. The molecule has 1 rings (SSSR count). The topological polar surface area (TPSA) is 28.2 Å². The van der Waals surface area contributed by atoms with Crippen LogP contribution < -0.4 is 5.43 Å². The summed E-state index contributed by atoms with van der Waals surface area (Å²) in [5, 5.41) is 1.89. The molecule has 12 heavy (non-hydrogen) atoms. The Balaban J connectivity index is 2.86. The maximum absolute atomic E-state index is 13.0. The lowest BCUT2D eigenvalue weighted by atomic mass is 10.4. The molecule has 0 unspecified atom stereocenters. The monoisotopic (exact) mass is 189 g/mol. The van der Waals surface area contributed by atoms with E-state index in [0.29, 0.717) is 0 Å². The molecule has 0 aromatic carbocycles. The van der Waals surface area contributed by atoms with Gasteiger partial charge in [0.25, 0.3) is 0 Å². The van der Waals surface area contributed by atoms with E-state index >= 15 is 0 Å². The van der Waals surface area contributed by atoms with E-state index in [9.17, 15) is 4.39 Å². The number of aromatic nitrogens is 1. The molecule has 66 valence electrons. The Morgan fingerprint density at radius 2 is 2.25 bits per heavy atom. The lowest BCUT2D eigenvalue weighted by molar-refractivity contribution is 0.483. The molecule has 0 saturated carbocycles. The number of hydrogen-bond donors (Lipinski definition) is 1. The summed E-state index contributed by atoms with van der Waals surface area (Å²) in [7, 11) is 3.49. The van der Waals surface area contributed by atoms with Gasteiger partial charge >= 0.3 is 0 Å². The van der Waals surface area contributed by atoms with E-state index in [1.54, 1.807) is 19.1 Å². The van der Waals surface area contributed by atoms with Gasteiger partial charge in [0.1, 0.15) is 0 Å². The third-order valence-electron chi connectivity index (χ3n) is 1.14. The second-order valence-electron chi connectivity index (χ2n) is 2.49. The first-order chi connectivity index (χ1) is 5.59. The summed E-state index contributed by atoms with van der Waals surface area (Å²) < 4.78 is 13.0. The van der Waals surface area contributed by atoms with Crippen LogP contribution in [0, 0.1) is 5.82 Å². The Morgan fingerprint density at radius 1 is 1.58 bits per heavy atom. The van der Waals surface area contributed by atoms with Crippen LogP contribution in [0.2, 0.25) is 5.02 Å². The van der Waals surface area contributed by atoms with Gasteiger partial charge in [-0.1, -0.05) is 11.6 Å². The fourth-order valence-corrected chi connectivity index (χ4v) is 0.853. The van der Waals surface area contributed by atoms with Crippen molar-refractivity contribution in [2.45, 2.75) is 0 Å². The number of pyridine rings is 1. The summed E-state index contributed by atoms with van der Waals surface area (Å²) in [4.78, 5) is 3.76. The normalized spacial score (nSPS) is 10.4. The predicted octanol–water partition coefficient (Wildman–Crippen LogP) is 1.76. The molecule has 0 aliphatic rings. The molecule has 0 spiro atoms. The molecule has 5 heteroatoms. The van der Waals surface area contributed by atoms with Crippen LogP contribution in [0.5, 0.6) is 0 Å². The van der Waals surface area contributed by atoms with Crippen LogP contribution in [-0.4, -0.2) is 24.1 Å². The van der Waals surface area contributed by atoms with Crippen molar-refractivity contribution < 1.29 is 4.39 Å². The van der Waals surface area contributed by atoms with Gasteiger partial charge in [-0.05, 0) is 6.07 Å². The molecular weight excluding hydrogens is 181 g/mol. The van der Waals surface area contributed by atoms with Crippen molar-refractivity contribution in [2.24, 2.45) is 0 Å². The minimum Gasteiger partial charge on any atom is -0.301 e. The molecule has 1 heterocycles. The van der Waals surface area contributed by atoms with Crippen LogP contribution in [0.25, 0.3) is 0 Å². The van der Waals surface area contributed by atoms with Gasteiger partial charge in [0.15, 0.2) is 11.6 Å². The lowest BCUT2D eigenvalue weighted by Gasteiger charge is -2.12. The Hall–Kier alpha value is -0.870. The maximum Gasteiger partial charge on any atom is 0.176 e. The van der Waals surface area contributed by atoms with E-state index in [0.717, 1.165) is 0 Å². The molecule has 0 radical (unpaired) electrons. The van der Waals surface area contributed by atoms with Crippen LogP contribution in [0.15, 0.2) is 12.3 Å². The molecule has 1 aromatic rings. The first-order valence-corrected chi connectivity index (χ1v) is 3.72. The van der Waals surface area contributed by atoms with Crippen molar-refractivity contribution in [1.82, 2.24) is 9.99 Å². The van der Waals surface area contributed by atoms with E-state index in [4.69, 9.17) is 11.6 Å². The van der Waals surface area contributed by atoms with Gasteiger partial charge < -0.3 is 5.43 Å². The summed E-state index contributed by atoms with van der Waals surface area (Å²) in [6.45, 7) is 0. The number of anilines is 1. The number of nitrogens with one attached hydrogen (secondary N) is 1. The molecule has 0 aliphatic carbocycles. The molecule has 0 amide bonds. The van der Waals surface area contributed by atoms with Crippen molar-refractivity contribution in [3.05, 3.63) is 23.1 Å². The summed E-state index contributed by atoms with van der Waals surface area (Å²) in [5.74, 6) is -0.291. The van der Waals surface area contributed by atoms with Gasteiger partial charge in [0.2, 0.25) is 0 Å². The van der Waals surface area contributed by atoms with E-state index in [-0.39, 0.29) is 10.8 Å². The highest BCUT2D eigenvalue weighted by Gasteiger charge is 2.03. The zero-order valence-electron chi connectivity index (χ0n) is 6.81. The minimum atomic E-state index is -0.462. The van der Waals surface area contributed by atoms with Gasteiger partial charge in [0.05, 0.1) is 5.02 Å². The van der Waals surface area contributed by atoms with Crippen LogP contribution in [0.3, 0.4) is 0 Å². The van der Waals surface area contributed by atoms with E-state index in [1.165, 1.54) is 12.3 Å². The molecule has 0 saturated heterocycles. The molecule has 3 nitrogen and oxygen atoms in total. The highest BCUT2D eigenvalue weighted by Crippen LogP contribution is 2.15. The number of halogens is 2. The molecular formula is C7H9ClFN3. The molecule has 0 bridgehead atoms. The Kier molecular flexibility index (Phi) is 2.83. The second-order valence-corrected chi connectivity index (χ2v) is 2.93. The van der Waals surface area contributed by atoms with Gasteiger partial charge in [-0.25, -0.2) is 14.4 Å². The van der Waals surface area contributed by atoms with Crippen molar-refractivity contribution in [3.63, 3.8) is 0 Å². The van der Waals surface area contributed by atoms with Crippen LogP contribution in [0.4, 0.5) is 10.2 Å². The second kappa shape index (κ2) is 3.69. The summed E-state index contributed by atoms with van der Waals surface area (Å²) in [5.41, 5.74) is 2.69. The van der Waals surface area contributed by atoms with Crippen molar-refractivity contribution >= 4 is 17.4 Å². The van der Waals surface area contributed by atoms with Crippen molar-refractivity contribution in [3.8, 4) is 0 Å². The third kappa shape index (κ3) is 2.32. The fourth-order valence-electron chi connectivity index (χ4n) is 0.709. The van der Waals surface area contributed by atoms with Gasteiger partial charge in [0, 0.05) is 20.3 Å². The average molecular weight is 190 g/mol. The first-order valence-electron chi connectivity index (χ1n) is 3.34. The molecule has 0 fully saturated rings. The third-order valence-corrected chi connectivity index (χ3v) is 1.34. The SMILES string of the molecule is CN(C)Nc1ncc(Cl)cc1F. The van der Waals surface area contributed by atoms with Gasteiger partial charge in [-0.3, -0.25) is 0 Å². The Bertz CT molecular complexity index is 277. The van der Waals surface area contributed by atoms with Crippen molar-refractivity contribution in [1.29, 1.82) is 0 Å².